The predicted octanol–water partition coefficient (Wildman–Crippen LogP) is 3.15. The first-order valence-corrected chi connectivity index (χ1v) is 5.28. The van der Waals surface area contributed by atoms with Crippen molar-refractivity contribution in [2.24, 2.45) is 5.92 Å². The maximum absolute atomic E-state index is 11.3. The van der Waals surface area contributed by atoms with Crippen LogP contribution in [0.1, 0.15) is 53.4 Å². The fourth-order valence-corrected chi connectivity index (χ4v) is 1.17. The molecule has 0 bridgehead atoms. The molecule has 0 N–H and O–H groups in total. The molecule has 0 amide bonds. The van der Waals surface area contributed by atoms with Gasteiger partial charge in [0.25, 0.3) is 0 Å². The van der Waals surface area contributed by atoms with E-state index in [-0.39, 0.29) is 18.0 Å². The molecule has 1 atom stereocenters. The van der Waals surface area contributed by atoms with Crippen LogP contribution in [0.2, 0.25) is 0 Å². The molecule has 0 aromatic rings. The van der Waals surface area contributed by atoms with E-state index in [0.717, 1.165) is 12.8 Å². The Hall–Kier alpha value is -0.530. The molecule has 0 aliphatic carbocycles. The van der Waals surface area contributed by atoms with Gasteiger partial charge in [-0.15, -0.1) is 0 Å². The van der Waals surface area contributed by atoms with Crippen molar-refractivity contribution in [3.8, 4) is 0 Å². The fraction of sp³-hybridized carbons (Fsp3) is 0.909. The average molecular weight is 186 g/mol. The van der Waals surface area contributed by atoms with E-state index >= 15 is 0 Å². The third-order valence-electron chi connectivity index (χ3n) is 1.99. The van der Waals surface area contributed by atoms with Gasteiger partial charge >= 0.3 is 5.97 Å². The predicted molar refractivity (Wildman–Crippen MR) is 54.5 cm³/mol. The molecule has 13 heavy (non-hydrogen) atoms. The number of rotatable bonds is 6. The normalized spacial score (nSPS) is 13.0. The number of esters is 1. The van der Waals surface area contributed by atoms with Crippen molar-refractivity contribution in [1.29, 1.82) is 0 Å². The Labute approximate surface area is 81.7 Å². The topological polar surface area (TPSA) is 26.3 Å². The van der Waals surface area contributed by atoms with Gasteiger partial charge in [-0.2, -0.15) is 0 Å². The molecule has 0 aliphatic heterocycles. The van der Waals surface area contributed by atoms with Crippen LogP contribution in [0.4, 0.5) is 0 Å². The van der Waals surface area contributed by atoms with Crippen LogP contribution in [-0.2, 0) is 9.53 Å². The minimum Gasteiger partial charge on any atom is -0.463 e. The number of carbonyl (C=O) groups is 1. The third-order valence-corrected chi connectivity index (χ3v) is 1.99. The van der Waals surface area contributed by atoms with E-state index in [1.54, 1.807) is 0 Å². The highest BCUT2D eigenvalue weighted by Crippen LogP contribution is 2.11. The molecule has 0 fully saturated rings. The van der Waals surface area contributed by atoms with E-state index in [9.17, 15) is 4.79 Å². The Morgan fingerprint density at radius 1 is 1.23 bits per heavy atom. The first kappa shape index (κ1) is 12.5. The second-order valence-corrected chi connectivity index (χ2v) is 3.88. The van der Waals surface area contributed by atoms with Gasteiger partial charge in [0.15, 0.2) is 0 Å². The van der Waals surface area contributed by atoms with Crippen LogP contribution in [0.25, 0.3) is 0 Å². The molecule has 0 spiro atoms. The van der Waals surface area contributed by atoms with Crippen molar-refractivity contribution in [3.63, 3.8) is 0 Å². The third kappa shape index (κ3) is 6.62. The number of unbranched alkanes of at least 4 members (excludes halogenated alkanes) is 2. The second kappa shape index (κ2) is 6.93. The quantitative estimate of drug-likeness (QED) is 0.470. The maximum atomic E-state index is 11.3. The van der Waals surface area contributed by atoms with Crippen molar-refractivity contribution < 1.29 is 9.53 Å². The highest BCUT2D eigenvalue weighted by Gasteiger charge is 2.14. The lowest BCUT2D eigenvalue weighted by molar-refractivity contribution is -0.152. The van der Waals surface area contributed by atoms with Gasteiger partial charge in [-0.1, -0.05) is 33.1 Å². The van der Waals surface area contributed by atoms with Gasteiger partial charge in [0.1, 0.15) is 0 Å². The summed E-state index contributed by atoms with van der Waals surface area (Å²) in [7, 11) is 0. The Morgan fingerprint density at radius 2 is 1.85 bits per heavy atom. The van der Waals surface area contributed by atoms with Crippen molar-refractivity contribution >= 4 is 5.97 Å². The summed E-state index contributed by atoms with van der Waals surface area (Å²) >= 11 is 0. The minimum atomic E-state index is -0.0499. The van der Waals surface area contributed by atoms with Crippen molar-refractivity contribution in [2.45, 2.75) is 59.5 Å². The smallest absolute Gasteiger partial charge is 0.308 e. The van der Waals surface area contributed by atoms with Crippen LogP contribution in [-0.4, -0.2) is 12.1 Å². The fourth-order valence-electron chi connectivity index (χ4n) is 1.17. The lowest BCUT2D eigenvalue weighted by Crippen LogP contribution is -2.18. The molecule has 78 valence electrons. The summed E-state index contributed by atoms with van der Waals surface area (Å²) in [6.07, 6.45) is 4.51. The summed E-state index contributed by atoms with van der Waals surface area (Å²) in [5.41, 5.74) is 0. The maximum Gasteiger partial charge on any atom is 0.308 e. The van der Waals surface area contributed by atoms with Gasteiger partial charge < -0.3 is 4.74 Å². The zero-order valence-electron chi connectivity index (χ0n) is 9.30. The van der Waals surface area contributed by atoms with E-state index in [0.29, 0.717) is 0 Å². The van der Waals surface area contributed by atoms with E-state index in [2.05, 4.69) is 6.92 Å². The standard InChI is InChI=1S/C11H22O2/c1-5-6-7-8-10(4)11(12)13-9(2)3/h9-10H,5-8H2,1-4H3. The molecule has 0 aromatic carbocycles. The summed E-state index contributed by atoms with van der Waals surface area (Å²) < 4.78 is 5.10. The van der Waals surface area contributed by atoms with Crippen molar-refractivity contribution in [2.75, 3.05) is 0 Å². The van der Waals surface area contributed by atoms with Gasteiger partial charge in [-0.05, 0) is 20.3 Å². The lowest BCUT2D eigenvalue weighted by Gasteiger charge is -2.13. The lowest BCUT2D eigenvalue weighted by atomic mass is 10.0. The number of ether oxygens (including phenoxy) is 1. The molecule has 2 nitrogen and oxygen atoms in total. The van der Waals surface area contributed by atoms with E-state index < -0.39 is 0 Å². The van der Waals surface area contributed by atoms with Gasteiger partial charge in [0.2, 0.25) is 0 Å². The van der Waals surface area contributed by atoms with Gasteiger partial charge in [-0.3, -0.25) is 4.79 Å². The zero-order valence-corrected chi connectivity index (χ0v) is 9.30. The largest absolute Gasteiger partial charge is 0.463 e. The van der Waals surface area contributed by atoms with Gasteiger partial charge in [-0.25, -0.2) is 0 Å². The molecule has 0 rings (SSSR count). The summed E-state index contributed by atoms with van der Waals surface area (Å²) in [5.74, 6) is 0.0139. The Bertz CT molecular complexity index is 141. The molecule has 0 saturated heterocycles. The van der Waals surface area contributed by atoms with Crippen LogP contribution in [0.15, 0.2) is 0 Å². The van der Waals surface area contributed by atoms with E-state index in [4.69, 9.17) is 4.74 Å². The molecule has 1 unspecified atom stereocenters. The van der Waals surface area contributed by atoms with Crippen LogP contribution >= 0.6 is 0 Å². The summed E-state index contributed by atoms with van der Waals surface area (Å²) in [6, 6.07) is 0. The van der Waals surface area contributed by atoms with Crippen LogP contribution < -0.4 is 0 Å². The molecule has 0 aliphatic rings. The highest BCUT2D eigenvalue weighted by molar-refractivity contribution is 5.72. The Kier molecular flexibility index (Phi) is 6.65. The molecule has 2 heteroatoms. The molecular weight excluding hydrogens is 164 g/mol. The molecule has 0 heterocycles. The second-order valence-electron chi connectivity index (χ2n) is 3.88. The summed E-state index contributed by atoms with van der Waals surface area (Å²) in [4.78, 5) is 11.3. The van der Waals surface area contributed by atoms with Crippen molar-refractivity contribution in [3.05, 3.63) is 0 Å². The van der Waals surface area contributed by atoms with Crippen molar-refractivity contribution in [1.82, 2.24) is 0 Å². The molecule has 0 radical (unpaired) electrons. The minimum absolute atomic E-state index is 0.0149. The van der Waals surface area contributed by atoms with Crippen LogP contribution in [0, 0.1) is 5.92 Å². The van der Waals surface area contributed by atoms with E-state index in [1.807, 2.05) is 20.8 Å². The molecule has 0 saturated carbocycles. The Balaban J connectivity index is 3.57. The number of carbonyl (C=O) groups excluding carboxylic acids is 1. The number of hydrogen-bond acceptors (Lipinski definition) is 2. The average Bonchev–Trinajstić information content (AvgIpc) is 2.03. The molecular formula is C11H22O2. The number of hydrogen-bond donors (Lipinski definition) is 0. The van der Waals surface area contributed by atoms with Crippen LogP contribution in [0.3, 0.4) is 0 Å². The van der Waals surface area contributed by atoms with Gasteiger partial charge in [0, 0.05) is 0 Å². The zero-order chi connectivity index (χ0) is 10.3. The Morgan fingerprint density at radius 3 is 2.31 bits per heavy atom. The van der Waals surface area contributed by atoms with E-state index in [1.165, 1.54) is 12.8 Å². The first-order valence-electron chi connectivity index (χ1n) is 5.28. The summed E-state index contributed by atoms with van der Waals surface area (Å²) in [6.45, 7) is 7.88. The monoisotopic (exact) mass is 186 g/mol. The SMILES string of the molecule is CCCCCC(C)C(=O)OC(C)C. The van der Waals surface area contributed by atoms with Gasteiger partial charge in [0.05, 0.1) is 12.0 Å². The first-order chi connectivity index (χ1) is 6.07. The summed E-state index contributed by atoms with van der Waals surface area (Å²) in [5, 5.41) is 0. The highest BCUT2D eigenvalue weighted by atomic mass is 16.5. The molecule has 0 aromatic heterocycles. The van der Waals surface area contributed by atoms with Crippen LogP contribution in [0.5, 0.6) is 0 Å².